The van der Waals surface area contributed by atoms with Crippen molar-refractivity contribution in [2.45, 2.75) is 38.1 Å². The van der Waals surface area contributed by atoms with Crippen LogP contribution in [0.3, 0.4) is 0 Å². The van der Waals surface area contributed by atoms with Gasteiger partial charge in [-0.3, -0.25) is 4.79 Å². The number of piperidine rings is 1. The van der Waals surface area contributed by atoms with Crippen molar-refractivity contribution >= 4 is 15.9 Å². The van der Waals surface area contributed by atoms with Gasteiger partial charge >= 0.3 is 0 Å². The first-order valence-corrected chi connectivity index (χ1v) is 10.7. The van der Waals surface area contributed by atoms with Gasteiger partial charge < -0.3 is 5.32 Å². The highest BCUT2D eigenvalue weighted by Crippen LogP contribution is 2.23. The van der Waals surface area contributed by atoms with Crippen molar-refractivity contribution in [1.82, 2.24) is 9.62 Å². The standard InChI is InChI=1S/C21H26N2O3S/c1-16-11-13-23(14-12-16)27(25,26)20-9-7-18(8-10-20)21(24)22-15-19-6-4-3-5-17(19)2/h3-10,16H,11-15H2,1-2H3,(H,22,24). The highest BCUT2D eigenvalue weighted by atomic mass is 32.2. The second-order valence-corrected chi connectivity index (χ2v) is 9.16. The Morgan fingerprint density at radius 2 is 1.70 bits per heavy atom. The lowest BCUT2D eigenvalue weighted by Gasteiger charge is -2.29. The molecule has 0 atom stereocenters. The van der Waals surface area contributed by atoms with Crippen LogP contribution >= 0.6 is 0 Å². The second-order valence-electron chi connectivity index (χ2n) is 7.22. The maximum atomic E-state index is 12.7. The maximum absolute atomic E-state index is 12.7. The summed E-state index contributed by atoms with van der Waals surface area (Å²) < 4.78 is 27.0. The zero-order valence-corrected chi connectivity index (χ0v) is 16.6. The predicted molar refractivity (Wildman–Crippen MR) is 106 cm³/mol. The molecule has 0 aromatic heterocycles. The van der Waals surface area contributed by atoms with E-state index in [0.717, 1.165) is 24.0 Å². The Hall–Kier alpha value is -2.18. The lowest BCUT2D eigenvalue weighted by atomic mass is 10.0. The molecule has 0 bridgehead atoms. The molecule has 1 aliphatic heterocycles. The molecule has 0 saturated carbocycles. The number of hydrogen-bond donors (Lipinski definition) is 1. The average Bonchev–Trinajstić information content (AvgIpc) is 2.67. The molecule has 1 amide bonds. The van der Waals surface area contributed by atoms with Crippen LogP contribution in [0.1, 0.15) is 41.3 Å². The molecular weight excluding hydrogens is 360 g/mol. The highest BCUT2D eigenvalue weighted by molar-refractivity contribution is 7.89. The van der Waals surface area contributed by atoms with Gasteiger partial charge in [-0.05, 0) is 61.1 Å². The molecule has 1 saturated heterocycles. The minimum absolute atomic E-state index is 0.214. The molecule has 0 radical (unpaired) electrons. The Morgan fingerprint density at radius 1 is 1.07 bits per heavy atom. The fourth-order valence-corrected chi connectivity index (χ4v) is 4.71. The van der Waals surface area contributed by atoms with E-state index in [1.54, 1.807) is 16.4 Å². The van der Waals surface area contributed by atoms with Crippen molar-refractivity contribution in [3.63, 3.8) is 0 Å². The molecule has 3 rings (SSSR count). The van der Waals surface area contributed by atoms with E-state index in [1.165, 1.54) is 12.1 Å². The lowest BCUT2D eigenvalue weighted by Crippen LogP contribution is -2.37. The molecular formula is C21H26N2O3S. The molecule has 2 aromatic carbocycles. The number of nitrogens with zero attached hydrogens (tertiary/aromatic N) is 1. The number of nitrogens with one attached hydrogen (secondary N) is 1. The molecule has 1 fully saturated rings. The van der Waals surface area contributed by atoms with Gasteiger partial charge in [0.2, 0.25) is 10.0 Å². The molecule has 0 aliphatic carbocycles. The zero-order chi connectivity index (χ0) is 19.4. The van der Waals surface area contributed by atoms with Crippen LogP contribution in [0, 0.1) is 12.8 Å². The van der Waals surface area contributed by atoms with Crippen LogP contribution in [0.5, 0.6) is 0 Å². The minimum Gasteiger partial charge on any atom is -0.348 e. The van der Waals surface area contributed by atoms with Crippen molar-refractivity contribution in [2.24, 2.45) is 5.92 Å². The Morgan fingerprint density at radius 3 is 2.33 bits per heavy atom. The first-order chi connectivity index (χ1) is 12.9. The smallest absolute Gasteiger partial charge is 0.251 e. The van der Waals surface area contributed by atoms with Gasteiger partial charge in [0, 0.05) is 25.2 Å². The second kappa shape index (κ2) is 8.23. The number of benzene rings is 2. The Balaban J connectivity index is 1.66. The number of carbonyl (C=O) groups is 1. The van der Waals surface area contributed by atoms with Gasteiger partial charge in [-0.1, -0.05) is 31.2 Å². The number of carbonyl (C=O) groups excluding carboxylic acids is 1. The van der Waals surface area contributed by atoms with Crippen molar-refractivity contribution in [3.8, 4) is 0 Å². The summed E-state index contributed by atoms with van der Waals surface area (Å²) in [6.07, 6.45) is 1.78. The summed E-state index contributed by atoms with van der Waals surface area (Å²) >= 11 is 0. The molecule has 1 N–H and O–H groups in total. The fraction of sp³-hybridized carbons (Fsp3) is 0.381. The summed E-state index contributed by atoms with van der Waals surface area (Å²) in [5.74, 6) is 0.352. The molecule has 0 spiro atoms. The molecule has 5 nitrogen and oxygen atoms in total. The number of rotatable bonds is 5. The normalized spacial score (nSPS) is 16.2. The van der Waals surface area contributed by atoms with Crippen LogP contribution < -0.4 is 5.32 Å². The van der Waals surface area contributed by atoms with Crippen molar-refractivity contribution in [2.75, 3.05) is 13.1 Å². The van der Waals surface area contributed by atoms with Gasteiger partial charge in [-0.25, -0.2) is 8.42 Å². The van der Waals surface area contributed by atoms with Crippen LogP contribution in [-0.4, -0.2) is 31.7 Å². The van der Waals surface area contributed by atoms with E-state index in [0.29, 0.717) is 31.1 Å². The molecule has 27 heavy (non-hydrogen) atoms. The fourth-order valence-electron chi connectivity index (χ4n) is 3.24. The third-order valence-electron chi connectivity index (χ3n) is 5.20. The van der Waals surface area contributed by atoms with Gasteiger partial charge in [-0.15, -0.1) is 0 Å². The molecule has 1 heterocycles. The summed E-state index contributed by atoms with van der Waals surface area (Å²) in [4.78, 5) is 12.6. The van der Waals surface area contributed by atoms with Crippen LogP contribution in [0.15, 0.2) is 53.4 Å². The summed E-state index contributed by atoms with van der Waals surface area (Å²) in [5.41, 5.74) is 2.63. The van der Waals surface area contributed by atoms with Crippen molar-refractivity contribution in [1.29, 1.82) is 0 Å². The molecule has 144 valence electrons. The predicted octanol–water partition coefficient (Wildman–Crippen LogP) is 3.35. The Kier molecular flexibility index (Phi) is 5.97. The lowest BCUT2D eigenvalue weighted by molar-refractivity contribution is 0.0950. The highest BCUT2D eigenvalue weighted by Gasteiger charge is 2.28. The topological polar surface area (TPSA) is 66.5 Å². The summed E-state index contributed by atoms with van der Waals surface area (Å²) in [5, 5.41) is 2.88. The van der Waals surface area contributed by atoms with E-state index < -0.39 is 10.0 Å². The van der Waals surface area contributed by atoms with Gasteiger partial charge in [0.15, 0.2) is 0 Å². The maximum Gasteiger partial charge on any atom is 0.251 e. The van der Waals surface area contributed by atoms with Crippen LogP contribution in [-0.2, 0) is 16.6 Å². The number of hydrogen-bond acceptors (Lipinski definition) is 3. The molecule has 0 unspecified atom stereocenters. The van der Waals surface area contributed by atoms with E-state index in [2.05, 4.69) is 12.2 Å². The number of amides is 1. The van der Waals surface area contributed by atoms with Crippen LogP contribution in [0.4, 0.5) is 0 Å². The van der Waals surface area contributed by atoms with Crippen molar-refractivity contribution < 1.29 is 13.2 Å². The van der Waals surface area contributed by atoms with E-state index in [-0.39, 0.29) is 10.8 Å². The monoisotopic (exact) mass is 386 g/mol. The molecule has 2 aromatic rings. The molecule has 6 heteroatoms. The third kappa shape index (κ3) is 4.57. The zero-order valence-electron chi connectivity index (χ0n) is 15.8. The SMILES string of the molecule is Cc1ccccc1CNC(=O)c1ccc(S(=O)(=O)N2CCC(C)CC2)cc1. The Labute approximate surface area is 161 Å². The van der Waals surface area contributed by atoms with Gasteiger partial charge in [0.1, 0.15) is 0 Å². The summed E-state index contributed by atoms with van der Waals surface area (Å²) in [6, 6.07) is 14.1. The first kappa shape index (κ1) is 19.6. The van der Waals surface area contributed by atoms with Gasteiger partial charge in [-0.2, -0.15) is 4.31 Å². The van der Waals surface area contributed by atoms with Crippen molar-refractivity contribution in [3.05, 3.63) is 65.2 Å². The largest absolute Gasteiger partial charge is 0.348 e. The summed E-state index contributed by atoms with van der Waals surface area (Å²) in [7, 11) is -3.49. The average molecular weight is 387 g/mol. The van der Waals surface area contributed by atoms with E-state index in [9.17, 15) is 13.2 Å². The third-order valence-corrected chi connectivity index (χ3v) is 7.11. The first-order valence-electron chi connectivity index (χ1n) is 9.31. The van der Waals surface area contributed by atoms with E-state index in [4.69, 9.17) is 0 Å². The van der Waals surface area contributed by atoms with E-state index in [1.807, 2.05) is 31.2 Å². The van der Waals surface area contributed by atoms with Gasteiger partial charge in [0.05, 0.1) is 4.90 Å². The van der Waals surface area contributed by atoms with Gasteiger partial charge in [0.25, 0.3) is 5.91 Å². The minimum atomic E-state index is -3.49. The van der Waals surface area contributed by atoms with Crippen LogP contribution in [0.25, 0.3) is 0 Å². The Bertz CT molecular complexity index is 899. The quantitative estimate of drug-likeness (QED) is 0.857. The van der Waals surface area contributed by atoms with Crippen LogP contribution in [0.2, 0.25) is 0 Å². The number of sulfonamides is 1. The summed E-state index contributed by atoms with van der Waals surface area (Å²) in [6.45, 7) is 5.71. The molecule has 1 aliphatic rings. The number of aryl methyl sites for hydroxylation is 1. The van der Waals surface area contributed by atoms with E-state index >= 15 is 0 Å².